The quantitative estimate of drug-likeness (QED) is 0.508. The van der Waals surface area contributed by atoms with Crippen molar-refractivity contribution in [2.45, 2.75) is 75.4 Å². The van der Waals surface area contributed by atoms with Crippen molar-refractivity contribution in [3.05, 3.63) is 29.0 Å². The highest BCUT2D eigenvalue weighted by atomic mass is 35.5. The van der Waals surface area contributed by atoms with E-state index in [1.54, 1.807) is 0 Å². The summed E-state index contributed by atoms with van der Waals surface area (Å²) < 4.78 is 18.9. The first-order chi connectivity index (χ1) is 15.9. The van der Waals surface area contributed by atoms with Gasteiger partial charge in [-0.05, 0) is 75.0 Å². The monoisotopic (exact) mass is 477 g/mol. The number of fused-ring (bicyclic) bond motifs is 1. The van der Waals surface area contributed by atoms with Gasteiger partial charge in [0, 0.05) is 17.6 Å². The van der Waals surface area contributed by atoms with Crippen molar-refractivity contribution in [2.75, 3.05) is 13.2 Å². The van der Waals surface area contributed by atoms with Gasteiger partial charge in [-0.15, -0.1) is 0 Å². The number of benzene rings is 1. The normalized spacial score (nSPS) is 32.7. The molecule has 5 fully saturated rings. The maximum absolute atomic E-state index is 13.5. The average Bonchev–Trinajstić information content (AvgIpc) is 3.48. The summed E-state index contributed by atoms with van der Waals surface area (Å²) in [7, 11) is 0. The van der Waals surface area contributed by atoms with Crippen molar-refractivity contribution in [1.29, 1.82) is 0 Å². The number of nitrogens with one attached hydrogen (secondary N) is 3. The molecule has 8 heteroatoms. The molecule has 1 aliphatic heterocycles. The van der Waals surface area contributed by atoms with Crippen LogP contribution in [0.5, 0.6) is 5.75 Å². The second kappa shape index (κ2) is 9.41. The maximum atomic E-state index is 13.5. The molecule has 3 atom stereocenters. The molecule has 1 aromatic rings. The summed E-state index contributed by atoms with van der Waals surface area (Å²) >= 11 is 5.66. The Morgan fingerprint density at radius 3 is 2.58 bits per heavy atom. The van der Waals surface area contributed by atoms with Crippen molar-refractivity contribution in [3.63, 3.8) is 0 Å². The minimum Gasteiger partial charge on any atom is -0.484 e. The van der Waals surface area contributed by atoms with Gasteiger partial charge in [0.25, 0.3) is 5.91 Å². The summed E-state index contributed by atoms with van der Waals surface area (Å²) in [6, 6.07) is 4.04. The first kappa shape index (κ1) is 22.9. The third-order valence-corrected chi connectivity index (χ3v) is 8.30. The number of hydrogen-bond acceptors (Lipinski definition) is 4. The Morgan fingerprint density at radius 2 is 1.88 bits per heavy atom. The van der Waals surface area contributed by atoms with Crippen LogP contribution in [-0.4, -0.2) is 42.6 Å². The van der Waals surface area contributed by atoms with Crippen LogP contribution in [0.25, 0.3) is 0 Å². The van der Waals surface area contributed by atoms with E-state index in [9.17, 15) is 14.0 Å². The van der Waals surface area contributed by atoms with Crippen molar-refractivity contribution < 1.29 is 18.7 Å². The number of carbonyl (C=O) groups is 2. The smallest absolute Gasteiger partial charge is 0.258 e. The van der Waals surface area contributed by atoms with Crippen LogP contribution in [0.2, 0.25) is 5.02 Å². The number of carbonyl (C=O) groups excluding carboxylic acids is 2. The van der Waals surface area contributed by atoms with Gasteiger partial charge in [0.05, 0.1) is 11.1 Å². The lowest BCUT2D eigenvalue weighted by Gasteiger charge is -2.41. The standard InChI is InChI=1S/C25H33ClFN3O3/c26-19-7-6-18(9-20(19)27)33-14-23(31)29-22-12-25(10-17(22)11-25)30-24(32)21-8-5-16(13-28-21)4-3-15-1-2-15/h6-7,9,15-17,21-22,28H,1-5,8,10-14H2,(H,29,31)(H,30,32). The predicted octanol–water partition coefficient (Wildman–Crippen LogP) is 3.57. The maximum Gasteiger partial charge on any atom is 0.258 e. The molecule has 6 nitrogen and oxygen atoms in total. The van der Waals surface area contributed by atoms with E-state index in [0.29, 0.717) is 11.8 Å². The Balaban J connectivity index is 1.03. The van der Waals surface area contributed by atoms with E-state index in [1.807, 2.05) is 0 Å². The first-order valence-electron chi connectivity index (χ1n) is 12.3. The number of amides is 2. The largest absolute Gasteiger partial charge is 0.484 e. The Morgan fingerprint density at radius 1 is 1.12 bits per heavy atom. The van der Waals surface area contributed by atoms with Crippen LogP contribution >= 0.6 is 11.6 Å². The molecule has 2 amide bonds. The van der Waals surface area contributed by atoms with Crippen LogP contribution in [0.1, 0.15) is 57.8 Å². The first-order valence-corrected chi connectivity index (χ1v) is 12.7. The summed E-state index contributed by atoms with van der Waals surface area (Å²) in [6.45, 7) is 0.758. The van der Waals surface area contributed by atoms with Gasteiger partial charge in [0.15, 0.2) is 6.61 Å². The van der Waals surface area contributed by atoms with Gasteiger partial charge < -0.3 is 20.7 Å². The van der Waals surface area contributed by atoms with Crippen LogP contribution in [0, 0.1) is 23.6 Å². The SMILES string of the molecule is O=C(COc1ccc(Cl)c(F)c1)NC1CC2(NC(=O)C3CCC(CCC4CC4)CN3)CC1C2. The molecule has 0 radical (unpaired) electrons. The molecule has 1 saturated heterocycles. The van der Waals surface area contributed by atoms with Crippen LogP contribution in [0.3, 0.4) is 0 Å². The zero-order chi connectivity index (χ0) is 23.0. The van der Waals surface area contributed by atoms with Gasteiger partial charge in [-0.25, -0.2) is 4.39 Å². The highest BCUT2D eigenvalue weighted by molar-refractivity contribution is 6.30. The number of rotatable bonds is 9. The molecule has 3 unspecified atom stereocenters. The third-order valence-electron chi connectivity index (χ3n) is 7.99. The number of halogens is 2. The molecule has 6 rings (SSSR count). The molecule has 3 N–H and O–H groups in total. The molecule has 4 aliphatic carbocycles. The van der Waals surface area contributed by atoms with Crippen LogP contribution in [-0.2, 0) is 9.59 Å². The zero-order valence-corrected chi connectivity index (χ0v) is 19.6. The van der Waals surface area contributed by atoms with Crippen molar-refractivity contribution >= 4 is 23.4 Å². The van der Waals surface area contributed by atoms with Crippen LogP contribution in [0.4, 0.5) is 4.39 Å². The van der Waals surface area contributed by atoms with Crippen LogP contribution in [0.15, 0.2) is 18.2 Å². The Hall–Kier alpha value is -1.86. The van der Waals surface area contributed by atoms with Gasteiger partial charge in [-0.3, -0.25) is 9.59 Å². The van der Waals surface area contributed by atoms with Crippen molar-refractivity contribution in [3.8, 4) is 5.75 Å². The molecular formula is C25H33ClFN3O3. The Bertz CT molecular complexity index is 895. The number of hydrogen-bond donors (Lipinski definition) is 3. The molecule has 4 saturated carbocycles. The summed E-state index contributed by atoms with van der Waals surface area (Å²) in [6.07, 6.45) is 10.1. The number of piperidine rings is 1. The minimum atomic E-state index is -0.579. The summed E-state index contributed by atoms with van der Waals surface area (Å²) in [4.78, 5) is 25.2. The second-order valence-corrected chi connectivity index (χ2v) is 11.0. The van der Waals surface area contributed by atoms with Gasteiger partial charge >= 0.3 is 0 Å². The minimum absolute atomic E-state index is 0.0155. The fourth-order valence-electron chi connectivity index (χ4n) is 5.88. The summed E-state index contributed by atoms with van der Waals surface area (Å²) in [5, 5.41) is 9.81. The topological polar surface area (TPSA) is 79.5 Å². The third kappa shape index (κ3) is 5.46. The molecular weight excluding hydrogens is 445 g/mol. The van der Waals surface area contributed by atoms with Crippen molar-refractivity contribution in [2.24, 2.45) is 17.8 Å². The molecule has 1 aromatic carbocycles. The molecule has 33 heavy (non-hydrogen) atoms. The van der Waals surface area contributed by atoms with E-state index in [4.69, 9.17) is 16.3 Å². The molecule has 0 spiro atoms. The van der Waals surface area contributed by atoms with E-state index in [-0.39, 0.29) is 46.8 Å². The van der Waals surface area contributed by atoms with Gasteiger partial charge in [0.2, 0.25) is 5.91 Å². The van der Waals surface area contributed by atoms with Gasteiger partial charge in [-0.1, -0.05) is 30.9 Å². The van der Waals surface area contributed by atoms with E-state index in [2.05, 4.69) is 16.0 Å². The highest BCUT2D eigenvalue weighted by Crippen LogP contribution is 2.52. The van der Waals surface area contributed by atoms with E-state index >= 15 is 0 Å². The number of ether oxygens (including phenoxy) is 1. The molecule has 0 aromatic heterocycles. The lowest BCUT2D eigenvalue weighted by atomic mass is 9.76. The van der Waals surface area contributed by atoms with E-state index in [1.165, 1.54) is 43.9 Å². The van der Waals surface area contributed by atoms with E-state index in [0.717, 1.165) is 44.6 Å². The Kier molecular flexibility index (Phi) is 6.54. The van der Waals surface area contributed by atoms with Crippen molar-refractivity contribution in [1.82, 2.24) is 16.0 Å². The lowest BCUT2D eigenvalue weighted by molar-refractivity contribution is -0.127. The zero-order valence-electron chi connectivity index (χ0n) is 18.9. The molecule has 1 heterocycles. The molecule has 5 aliphatic rings. The molecule has 180 valence electrons. The lowest BCUT2D eigenvalue weighted by Crippen LogP contribution is -2.58. The predicted molar refractivity (Wildman–Crippen MR) is 124 cm³/mol. The highest BCUT2D eigenvalue weighted by Gasteiger charge is 2.57. The van der Waals surface area contributed by atoms with Gasteiger partial charge in [0.1, 0.15) is 11.6 Å². The van der Waals surface area contributed by atoms with E-state index < -0.39 is 5.82 Å². The summed E-state index contributed by atoms with van der Waals surface area (Å²) in [5.74, 6) is 1.61. The molecule has 2 bridgehead atoms. The fraction of sp³-hybridized carbons (Fsp3) is 0.680. The fourth-order valence-corrected chi connectivity index (χ4v) is 6.00. The van der Waals surface area contributed by atoms with Gasteiger partial charge in [-0.2, -0.15) is 0 Å². The Labute approximate surface area is 199 Å². The summed E-state index contributed by atoms with van der Waals surface area (Å²) in [5.41, 5.74) is -0.190. The average molecular weight is 478 g/mol. The second-order valence-electron chi connectivity index (χ2n) is 10.6. The van der Waals surface area contributed by atoms with Crippen LogP contribution < -0.4 is 20.7 Å².